The van der Waals surface area contributed by atoms with E-state index < -0.39 is 0 Å². The van der Waals surface area contributed by atoms with Gasteiger partial charge in [-0.1, -0.05) is 20.8 Å². The Kier molecular flexibility index (Phi) is 6.77. The van der Waals surface area contributed by atoms with Crippen LogP contribution in [0.1, 0.15) is 52.9 Å². The van der Waals surface area contributed by atoms with Crippen molar-refractivity contribution in [1.29, 1.82) is 5.41 Å². The van der Waals surface area contributed by atoms with Crippen molar-refractivity contribution >= 4 is 11.7 Å². The lowest BCUT2D eigenvalue weighted by molar-refractivity contribution is -0.121. The summed E-state index contributed by atoms with van der Waals surface area (Å²) < 4.78 is 0. The fraction of sp³-hybridized carbons (Fsp3) is 0.833. The van der Waals surface area contributed by atoms with E-state index in [4.69, 9.17) is 11.1 Å². The maximum Gasteiger partial charge on any atom is 0.219 e. The third-order valence-electron chi connectivity index (χ3n) is 2.28. The summed E-state index contributed by atoms with van der Waals surface area (Å²) in [5.41, 5.74) is 5.51. The first-order valence-corrected chi connectivity index (χ1v) is 5.91. The van der Waals surface area contributed by atoms with E-state index in [0.717, 1.165) is 19.3 Å². The number of carbonyl (C=O) groups excluding carboxylic acids is 1. The smallest absolute Gasteiger partial charge is 0.219 e. The monoisotopic (exact) mass is 227 g/mol. The Morgan fingerprint density at radius 3 is 2.38 bits per heavy atom. The molecule has 0 bridgehead atoms. The largest absolute Gasteiger partial charge is 0.388 e. The van der Waals surface area contributed by atoms with Gasteiger partial charge in [-0.2, -0.15) is 0 Å². The number of hydrogen-bond acceptors (Lipinski definition) is 2. The number of nitrogens with one attached hydrogen (secondary N) is 2. The third kappa shape index (κ3) is 11.0. The first-order valence-electron chi connectivity index (χ1n) is 5.91. The first kappa shape index (κ1) is 14.9. The Labute approximate surface area is 98.5 Å². The molecule has 0 aromatic heterocycles. The highest BCUT2D eigenvalue weighted by Gasteiger charge is 2.10. The molecule has 0 saturated heterocycles. The van der Waals surface area contributed by atoms with Gasteiger partial charge in [0.05, 0.1) is 5.84 Å². The van der Waals surface area contributed by atoms with Gasteiger partial charge >= 0.3 is 0 Å². The van der Waals surface area contributed by atoms with Crippen LogP contribution in [0, 0.1) is 10.8 Å². The molecular formula is C12H25N3O. The van der Waals surface area contributed by atoms with Crippen LogP contribution < -0.4 is 11.1 Å². The van der Waals surface area contributed by atoms with Gasteiger partial charge in [0.2, 0.25) is 5.91 Å². The molecule has 0 unspecified atom stereocenters. The van der Waals surface area contributed by atoms with Gasteiger partial charge in [-0.15, -0.1) is 0 Å². The molecule has 16 heavy (non-hydrogen) atoms. The summed E-state index contributed by atoms with van der Waals surface area (Å²) in [6, 6.07) is 0. The molecule has 4 N–H and O–H groups in total. The number of amides is 1. The van der Waals surface area contributed by atoms with Crippen LogP contribution in [-0.2, 0) is 4.79 Å². The standard InChI is InChI=1S/C12H25N3O/c1-12(2,3)8-4-7-11(16)15-9-5-6-10(13)14/h4-9H2,1-3H3,(H3,13,14)(H,15,16). The van der Waals surface area contributed by atoms with Crippen LogP contribution in [0.5, 0.6) is 0 Å². The van der Waals surface area contributed by atoms with E-state index in [1.807, 2.05) is 0 Å². The minimum Gasteiger partial charge on any atom is -0.388 e. The Morgan fingerprint density at radius 2 is 1.88 bits per heavy atom. The average Bonchev–Trinajstić information content (AvgIpc) is 2.10. The summed E-state index contributed by atoms with van der Waals surface area (Å²) in [4.78, 5) is 11.4. The van der Waals surface area contributed by atoms with E-state index >= 15 is 0 Å². The lowest BCUT2D eigenvalue weighted by Gasteiger charge is -2.17. The molecule has 0 aliphatic carbocycles. The van der Waals surface area contributed by atoms with Crippen LogP contribution in [-0.4, -0.2) is 18.3 Å². The van der Waals surface area contributed by atoms with Crippen LogP contribution in [0.25, 0.3) is 0 Å². The Hall–Kier alpha value is -1.06. The number of carbonyl (C=O) groups is 1. The summed E-state index contributed by atoms with van der Waals surface area (Å²) in [5.74, 6) is 0.287. The Morgan fingerprint density at radius 1 is 1.25 bits per heavy atom. The van der Waals surface area contributed by atoms with Crippen molar-refractivity contribution in [3.8, 4) is 0 Å². The number of rotatable bonds is 7. The van der Waals surface area contributed by atoms with Gasteiger partial charge in [0, 0.05) is 19.4 Å². The highest BCUT2D eigenvalue weighted by Crippen LogP contribution is 2.21. The number of nitrogens with two attached hydrogens (primary N) is 1. The van der Waals surface area contributed by atoms with E-state index in [1.165, 1.54) is 0 Å². The lowest BCUT2D eigenvalue weighted by Crippen LogP contribution is -2.25. The minimum absolute atomic E-state index is 0.104. The minimum atomic E-state index is 0.104. The predicted molar refractivity (Wildman–Crippen MR) is 67.5 cm³/mol. The maximum absolute atomic E-state index is 11.4. The maximum atomic E-state index is 11.4. The van der Waals surface area contributed by atoms with Crippen molar-refractivity contribution in [3.63, 3.8) is 0 Å². The second-order valence-corrected chi connectivity index (χ2v) is 5.39. The van der Waals surface area contributed by atoms with Crippen molar-refractivity contribution in [2.24, 2.45) is 11.1 Å². The van der Waals surface area contributed by atoms with Gasteiger partial charge in [-0.05, 0) is 24.7 Å². The summed E-state index contributed by atoms with van der Waals surface area (Å²) in [7, 11) is 0. The highest BCUT2D eigenvalue weighted by atomic mass is 16.1. The van der Waals surface area contributed by atoms with E-state index in [2.05, 4.69) is 26.1 Å². The molecule has 94 valence electrons. The molecule has 4 nitrogen and oxygen atoms in total. The van der Waals surface area contributed by atoms with Crippen LogP contribution in [0.15, 0.2) is 0 Å². The third-order valence-corrected chi connectivity index (χ3v) is 2.28. The topological polar surface area (TPSA) is 79.0 Å². The Balaban J connectivity index is 3.42. The fourth-order valence-electron chi connectivity index (χ4n) is 1.37. The average molecular weight is 227 g/mol. The SMILES string of the molecule is CC(C)(C)CCCC(=O)NCCCC(=N)N. The molecule has 0 radical (unpaired) electrons. The van der Waals surface area contributed by atoms with Gasteiger partial charge in [0.25, 0.3) is 0 Å². The van der Waals surface area contributed by atoms with Crippen LogP contribution >= 0.6 is 0 Å². The summed E-state index contributed by atoms with van der Waals surface area (Å²) in [6.45, 7) is 7.15. The van der Waals surface area contributed by atoms with Crippen molar-refractivity contribution < 1.29 is 4.79 Å². The van der Waals surface area contributed by atoms with Gasteiger partial charge in [0.1, 0.15) is 0 Å². The van der Waals surface area contributed by atoms with Crippen molar-refractivity contribution in [2.45, 2.75) is 52.9 Å². The lowest BCUT2D eigenvalue weighted by atomic mass is 9.90. The van der Waals surface area contributed by atoms with Crippen LogP contribution in [0.3, 0.4) is 0 Å². The second kappa shape index (κ2) is 7.25. The molecule has 4 heteroatoms. The normalized spacial score (nSPS) is 11.2. The number of amidine groups is 1. The molecule has 0 aliphatic heterocycles. The molecule has 0 atom stereocenters. The van der Waals surface area contributed by atoms with E-state index in [0.29, 0.717) is 24.8 Å². The fourth-order valence-corrected chi connectivity index (χ4v) is 1.37. The number of hydrogen-bond donors (Lipinski definition) is 3. The molecule has 0 aromatic rings. The van der Waals surface area contributed by atoms with Crippen LogP contribution in [0.4, 0.5) is 0 Å². The molecular weight excluding hydrogens is 202 g/mol. The predicted octanol–water partition coefficient (Wildman–Crippen LogP) is 2.04. The molecule has 0 aromatic carbocycles. The molecule has 0 aliphatic rings. The highest BCUT2D eigenvalue weighted by molar-refractivity contribution is 5.77. The molecule has 0 fully saturated rings. The second-order valence-electron chi connectivity index (χ2n) is 5.39. The van der Waals surface area contributed by atoms with Gasteiger partial charge in [0.15, 0.2) is 0 Å². The van der Waals surface area contributed by atoms with Gasteiger partial charge in [-0.3, -0.25) is 10.2 Å². The molecule has 0 rings (SSSR count). The van der Waals surface area contributed by atoms with Crippen molar-refractivity contribution in [1.82, 2.24) is 5.32 Å². The summed E-state index contributed by atoms with van der Waals surface area (Å²) >= 11 is 0. The van der Waals surface area contributed by atoms with Gasteiger partial charge < -0.3 is 11.1 Å². The first-order chi connectivity index (χ1) is 7.31. The van der Waals surface area contributed by atoms with E-state index in [9.17, 15) is 4.79 Å². The molecule has 0 heterocycles. The van der Waals surface area contributed by atoms with E-state index in [-0.39, 0.29) is 11.7 Å². The summed E-state index contributed by atoms with van der Waals surface area (Å²) in [5, 5.41) is 9.86. The van der Waals surface area contributed by atoms with Gasteiger partial charge in [-0.25, -0.2) is 0 Å². The Bertz CT molecular complexity index is 231. The molecule has 1 amide bonds. The molecule has 0 saturated carbocycles. The van der Waals surface area contributed by atoms with E-state index in [1.54, 1.807) is 0 Å². The quantitative estimate of drug-likeness (QED) is 0.353. The summed E-state index contributed by atoms with van der Waals surface area (Å²) in [6.07, 6.45) is 3.90. The van der Waals surface area contributed by atoms with Crippen LogP contribution in [0.2, 0.25) is 0 Å². The van der Waals surface area contributed by atoms with Crippen molar-refractivity contribution in [3.05, 3.63) is 0 Å². The van der Waals surface area contributed by atoms with Crippen molar-refractivity contribution in [2.75, 3.05) is 6.54 Å². The molecule has 0 spiro atoms. The zero-order valence-corrected chi connectivity index (χ0v) is 10.7. The zero-order valence-electron chi connectivity index (χ0n) is 10.7. The zero-order chi connectivity index (χ0) is 12.6.